The van der Waals surface area contributed by atoms with Gasteiger partial charge in [-0.2, -0.15) is 0 Å². The van der Waals surface area contributed by atoms with Gasteiger partial charge in [0.05, 0.1) is 6.04 Å². The number of anilines is 1. The third kappa shape index (κ3) is 4.04. The predicted molar refractivity (Wildman–Crippen MR) is 85.9 cm³/mol. The highest BCUT2D eigenvalue weighted by molar-refractivity contribution is 9.10. The molecule has 1 aliphatic heterocycles. The SMILES string of the molecule is CNC1CCCN(C(C)C(=O)Nc2cccc(Br)c2)C1. The van der Waals surface area contributed by atoms with Gasteiger partial charge in [0, 0.05) is 22.7 Å². The van der Waals surface area contributed by atoms with Crippen LogP contribution in [0.4, 0.5) is 5.69 Å². The van der Waals surface area contributed by atoms with Crippen LogP contribution in [0.2, 0.25) is 0 Å². The molecular weight excluding hydrogens is 318 g/mol. The molecule has 5 heteroatoms. The van der Waals surface area contributed by atoms with Gasteiger partial charge in [0.25, 0.3) is 0 Å². The molecular formula is C15H22BrN3O. The van der Waals surface area contributed by atoms with Gasteiger partial charge in [-0.15, -0.1) is 0 Å². The van der Waals surface area contributed by atoms with Crippen molar-refractivity contribution in [3.05, 3.63) is 28.7 Å². The van der Waals surface area contributed by atoms with Crippen LogP contribution in [0, 0.1) is 0 Å². The van der Waals surface area contributed by atoms with Crippen LogP contribution in [0.15, 0.2) is 28.7 Å². The monoisotopic (exact) mass is 339 g/mol. The van der Waals surface area contributed by atoms with E-state index in [1.54, 1.807) is 0 Å². The minimum absolute atomic E-state index is 0.0554. The van der Waals surface area contributed by atoms with Gasteiger partial charge in [-0.25, -0.2) is 0 Å². The highest BCUT2D eigenvalue weighted by Crippen LogP contribution is 2.17. The summed E-state index contributed by atoms with van der Waals surface area (Å²) < 4.78 is 0.969. The zero-order chi connectivity index (χ0) is 14.5. The normalized spacial score (nSPS) is 21.4. The summed E-state index contributed by atoms with van der Waals surface area (Å²) in [4.78, 5) is 14.6. The molecule has 1 saturated heterocycles. The Hall–Kier alpha value is -0.910. The number of likely N-dealkylation sites (tertiary alicyclic amines) is 1. The molecule has 0 radical (unpaired) electrons. The lowest BCUT2D eigenvalue weighted by molar-refractivity contribution is -0.121. The van der Waals surface area contributed by atoms with Crippen molar-refractivity contribution in [1.29, 1.82) is 0 Å². The van der Waals surface area contributed by atoms with Gasteiger partial charge < -0.3 is 10.6 Å². The largest absolute Gasteiger partial charge is 0.325 e. The van der Waals surface area contributed by atoms with E-state index in [9.17, 15) is 4.79 Å². The summed E-state index contributed by atoms with van der Waals surface area (Å²) in [6.45, 7) is 3.90. The van der Waals surface area contributed by atoms with Gasteiger partial charge in [-0.05, 0) is 51.6 Å². The summed E-state index contributed by atoms with van der Waals surface area (Å²) in [6.07, 6.45) is 2.33. The van der Waals surface area contributed by atoms with Crippen molar-refractivity contribution >= 4 is 27.5 Å². The number of benzene rings is 1. The van der Waals surface area contributed by atoms with Gasteiger partial charge in [0.2, 0.25) is 5.91 Å². The fourth-order valence-electron chi connectivity index (χ4n) is 2.57. The van der Waals surface area contributed by atoms with Crippen molar-refractivity contribution in [2.24, 2.45) is 0 Å². The van der Waals surface area contributed by atoms with Crippen LogP contribution in [0.3, 0.4) is 0 Å². The number of rotatable bonds is 4. The zero-order valence-electron chi connectivity index (χ0n) is 12.0. The van der Waals surface area contributed by atoms with Gasteiger partial charge in [0.15, 0.2) is 0 Å². The van der Waals surface area contributed by atoms with E-state index in [1.807, 2.05) is 38.2 Å². The summed E-state index contributed by atoms with van der Waals surface area (Å²) in [5.41, 5.74) is 0.832. The number of carbonyl (C=O) groups is 1. The predicted octanol–water partition coefficient (Wildman–Crippen LogP) is 2.46. The molecule has 2 unspecified atom stereocenters. The molecule has 2 N–H and O–H groups in total. The van der Waals surface area contributed by atoms with E-state index in [4.69, 9.17) is 0 Å². The lowest BCUT2D eigenvalue weighted by Crippen LogP contribution is -2.51. The van der Waals surface area contributed by atoms with Crippen LogP contribution in [0.1, 0.15) is 19.8 Å². The molecule has 1 fully saturated rings. The molecule has 2 rings (SSSR count). The van der Waals surface area contributed by atoms with Crippen LogP contribution in [0.25, 0.3) is 0 Å². The smallest absolute Gasteiger partial charge is 0.241 e. The van der Waals surface area contributed by atoms with E-state index >= 15 is 0 Å². The zero-order valence-corrected chi connectivity index (χ0v) is 13.6. The Labute approximate surface area is 129 Å². The maximum Gasteiger partial charge on any atom is 0.241 e. The van der Waals surface area contributed by atoms with E-state index in [0.717, 1.165) is 29.7 Å². The Morgan fingerprint density at radius 3 is 3.00 bits per heavy atom. The van der Waals surface area contributed by atoms with Crippen LogP contribution < -0.4 is 10.6 Å². The molecule has 1 aromatic rings. The Balaban J connectivity index is 1.94. The van der Waals surface area contributed by atoms with Crippen LogP contribution >= 0.6 is 15.9 Å². The van der Waals surface area contributed by atoms with Crippen LogP contribution in [0.5, 0.6) is 0 Å². The Kier molecular flexibility index (Phi) is 5.57. The quantitative estimate of drug-likeness (QED) is 0.885. The minimum atomic E-state index is -0.106. The first-order valence-electron chi connectivity index (χ1n) is 7.08. The van der Waals surface area contributed by atoms with Crippen LogP contribution in [-0.2, 0) is 4.79 Å². The summed E-state index contributed by atoms with van der Waals surface area (Å²) in [5.74, 6) is 0.0554. The summed E-state index contributed by atoms with van der Waals surface area (Å²) >= 11 is 3.41. The number of halogens is 1. The van der Waals surface area contributed by atoms with Crippen LogP contribution in [-0.4, -0.2) is 43.0 Å². The van der Waals surface area contributed by atoms with Crippen molar-refractivity contribution < 1.29 is 4.79 Å². The number of amides is 1. The second kappa shape index (κ2) is 7.20. The van der Waals surface area contributed by atoms with Crippen molar-refractivity contribution in [2.75, 3.05) is 25.5 Å². The molecule has 2 atom stereocenters. The Bertz CT molecular complexity index is 466. The fraction of sp³-hybridized carbons (Fsp3) is 0.533. The molecule has 1 heterocycles. The number of nitrogens with zero attached hydrogens (tertiary/aromatic N) is 1. The standard InChI is InChI=1S/C15H22BrN3O/c1-11(19-8-4-7-14(10-19)17-2)15(20)18-13-6-3-5-12(16)9-13/h3,5-6,9,11,14,17H,4,7-8,10H2,1-2H3,(H,18,20). The van der Waals surface area contributed by atoms with Crippen molar-refractivity contribution in [1.82, 2.24) is 10.2 Å². The number of hydrogen-bond donors (Lipinski definition) is 2. The maximum atomic E-state index is 12.3. The molecule has 0 bridgehead atoms. The number of carbonyl (C=O) groups excluding carboxylic acids is 1. The lowest BCUT2D eigenvalue weighted by atomic mass is 10.0. The minimum Gasteiger partial charge on any atom is -0.325 e. The third-order valence-corrected chi connectivity index (χ3v) is 4.37. The molecule has 4 nitrogen and oxygen atoms in total. The number of piperidine rings is 1. The average Bonchev–Trinajstić information content (AvgIpc) is 2.46. The van der Waals surface area contributed by atoms with Gasteiger partial charge in [-0.3, -0.25) is 9.69 Å². The molecule has 1 amide bonds. The lowest BCUT2D eigenvalue weighted by Gasteiger charge is -2.35. The first kappa shape index (κ1) is 15.5. The summed E-state index contributed by atoms with van der Waals surface area (Å²) in [7, 11) is 1.99. The molecule has 1 aromatic carbocycles. The van der Waals surface area contributed by atoms with E-state index < -0.39 is 0 Å². The maximum absolute atomic E-state index is 12.3. The second-order valence-corrected chi connectivity index (χ2v) is 6.21. The Morgan fingerprint density at radius 2 is 2.30 bits per heavy atom. The fourth-order valence-corrected chi connectivity index (χ4v) is 2.97. The van der Waals surface area contributed by atoms with Gasteiger partial charge in [0.1, 0.15) is 0 Å². The van der Waals surface area contributed by atoms with E-state index in [-0.39, 0.29) is 11.9 Å². The topological polar surface area (TPSA) is 44.4 Å². The van der Waals surface area contributed by atoms with Crippen molar-refractivity contribution in [3.63, 3.8) is 0 Å². The summed E-state index contributed by atoms with van der Waals surface area (Å²) in [6, 6.07) is 8.07. The van der Waals surface area contributed by atoms with Gasteiger partial charge in [-0.1, -0.05) is 22.0 Å². The Morgan fingerprint density at radius 1 is 1.50 bits per heavy atom. The second-order valence-electron chi connectivity index (χ2n) is 5.30. The van der Waals surface area contributed by atoms with Crippen molar-refractivity contribution in [3.8, 4) is 0 Å². The highest BCUT2D eigenvalue weighted by atomic mass is 79.9. The average molecular weight is 340 g/mol. The van der Waals surface area contributed by atoms with E-state index in [0.29, 0.717) is 6.04 Å². The first-order valence-corrected chi connectivity index (χ1v) is 7.87. The molecule has 0 aliphatic carbocycles. The molecule has 1 aliphatic rings. The van der Waals surface area contributed by atoms with Crippen molar-refractivity contribution in [2.45, 2.75) is 31.8 Å². The first-order chi connectivity index (χ1) is 9.60. The highest BCUT2D eigenvalue weighted by Gasteiger charge is 2.26. The molecule has 20 heavy (non-hydrogen) atoms. The van der Waals surface area contributed by atoms with Gasteiger partial charge >= 0.3 is 0 Å². The molecule has 0 saturated carbocycles. The number of nitrogens with one attached hydrogen (secondary N) is 2. The molecule has 0 spiro atoms. The van der Waals surface area contributed by atoms with E-state index in [2.05, 4.69) is 31.5 Å². The van der Waals surface area contributed by atoms with E-state index in [1.165, 1.54) is 6.42 Å². The summed E-state index contributed by atoms with van der Waals surface area (Å²) in [5, 5.41) is 6.29. The third-order valence-electron chi connectivity index (χ3n) is 3.88. The molecule has 0 aromatic heterocycles. The number of likely N-dealkylation sites (N-methyl/N-ethyl adjacent to an activating group) is 1. The molecule has 110 valence electrons. The number of hydrogen-bond acceptors (Lipinski definition) is 3.